The third-order valence-corrected chi connectivity index (χ3v) is 5.26. The predicted molar refractivity (Wildman–Crippen MR) is 110 cm³/mol. The summed E-state index contributed by atoms with van der Waals surface area (Å²) in [6, 6.07) is 11.7. The molecule has 2 aromatic carbocycles. The number of nitrogens with one attached hydrogen (secondary N) is 1. The van der Waals surface area contributed by atoms with E-state index in [2.05, 4.69) is 5.32 Å². The lowest BCUT2D eigenvalue weighted by Gasteiger charge is -2.29. The number of halogens is 3. The molecule has 0 radical (unpaired) electrons. The third kappa shape index (κ3) is 5.86. The van der Waals surface area contributed by atoms with Gasteiger partial charge in [-0.3, -0.25) is 9.59 Å². The molecule has 2 amide bonds. The first kappa shape index (κ1) is 21.5. The smallest absolute Gasteiger partial charge is 0.242 e. The molecule has 0 unspecified atom stereocenters. The summed E-state index contributed by atoms with van der Waals surface area (Å²) in [5.74, 6) is -0.419. The predicted octanol–water partition coefficient (Wildman–Crippen LogP) is 4.74. The molecule has 0 spiro atoms. The standard InChI is InChI=1S/C20H21Cl3N2O2/c1-3-24-20(27)13(2)25(12-14-8-9-17(22)18(23)10-14)19(26)11-15-6-4-5-7-16(15)21/h4-10,13H,3,11-12H2,1-2H3,(H,24,27)/t13-/m1/s1. The second-order valence-electron chi connectivity index (χ2n) is 6.11. The number of nitrogens with zero attached hydrogens (tertiary/aromatic N) is 1. The number of hydrogen-bond acceptors (Lipinski definition) is 2. The first-order chi connectivity index (χ1) is 12.8. The topological polar surface area (TPSA) is 49.4 Å². The maximum Gasteiger partial charge on any atom is 0.242 e. The Morgan fingerprint density at radius 2 is 1.74 bits per heavy atom. The van der Waals surface area contributed by atoms with Crippen molar-refractivity contribution >= 4 is 46.6 Å². The van der Waals surface area contributed by atoms with Crippen molar-refractivity contribution in [1.82, 2.24) is 10.2 Å². The van der Waals surface area contributed by atoms with Crippen LogP contribution in [-0.2, 0) is 22.6 Å². The van der Waals surface area contributed by atoms with Crippen molar-refractivity contribution in [1.29, 1.82) is 0 Å². The Labute approximate surface area is 174 Å². The van der Waals surface area contributed by atoms with Crippen molar-refractivity contribution in [2.24, 2.45) is 0 Å². The fraction of sp³-hybridized carbons (Fsp3) is 0.300. The van der Waals surface area contributed by atoms with Crippen LogP contribution in [0.3, 0.4) is 0 Å². The maximum atomic E-state index is 13.0. The molecular formula is C20H21Cl3N2O2. The van der Waals surface area contributed by atoms with Crippen molar-refractivity contribution in [3.05, 3.63) is 68.7 Å². The van der Waals surface area contributed by atoms with Gasteiger partial charge in [-0.05, 0) is 43.2 Å². The zero-order valence-corrected chi connectivity index (χ0v) is 17.4. The Morgan fingerprint density at radius 3 is 2.37 bits per heavy atom. The highest BCUT2D eigenvalue weighted by molar-refractivity contribution is 6.42. The van der Waals surface area contributed by atoms with Crippen LogP contribution in [0.5, 0.6) is 0 Å². The van der Waals surface area contributed by atoms with Gasteiger partial charge in [-0.1, -0.05) is 59.1 Å². The van der Waals surface area contributed by atoms with Crippen LogP contribution in [0.15, 0.2) is 42.5 Å². The van der Waals surface area contributed by atoms with E-state index >= 15 is 0 Å². The van der Waals surface area contributed by atoms with Crippen LogP contribution < -0.4 is 5.32 Å². The van der Waals surface area contributed by atoms with Gasteiger partial charge in [0.1, 0.15) is 6.04 Å². The van der Waals surface area contributed by atoms with Gasteiger partial charge in [-0.15, -0.1) is 0 Å². The highest BCUT2D eigenvalue weighted by Crippen LogP contribution is 2.24. The first-order valence-electron chi connectivity index (χ1n) is 8.58. The zero-order valence-electron chi connectivity index (χ0n) is 15.1. The Kier molecular flexibility index (Phi) is 7.96. The van der Waals surface area contributed by atoms with Crippen LogP contribution in [0.1, 0.15) is 25.0 Å². The molecule has 7 heteroatoms. The summed E-state index contributed by atoms with van der Waals surface area (Å²) in [6.45, 7) is 4.26. The largest absolute Gasteiger partial charge is 0.355 e. The molecule has 0 aliphatic rings. The van der Waals surface area contributed by atoms with E-state index in [0.29, 0.717) is 27.2 Å². The highest BCUT2D eigenvalue weighted by atomic mass is 35.5. The third-order valence-electron chi connectivity index (χ3n) is 4.15. The second-order valence-corrected chi connectivity index (χ2v) is 7.33. The minimum atomic E-state index is -0.644. The van der Waals surface area contributed by atoms with Crippen molar-refractivity contribution in [2.75, 3.05) is 6.54 Å². The molecule has 0 saturated carbocycles. The fourth-order valence-corrected chi connectivity index (χ4v) is 3.17. The van der Waals surface area contributed by atoms with Crippen molar-refractivity contribution in [2.45, 2.75) is 32.9 Å². The quantitative estimate of drug-likeness (QED) is 0.693. The minimum absolute atomic E-state index is 0.102. The van der Waals surface area contributed by atoms with E-state index in [1.54, 1.807) is 43.3 Å². The first-order valence-corrected chi connectivity index (χ1v) is 9.71. The molecule has 144 valence electrons. The second kappa shape index (κ2) is 9.98. The van der Waals surface area contributed by atoms with Gasteiger partial charge in [0.05, 0.1) is 16.5 Å². The molecule has 0 aromatic heterocycles. The molecule has 0 fully saturated rings. The SMILES string of the molecule is CCNC(=O)[C@@H](C)N(Cc1ccc(Cl)c(Cl)c1)C(=O)Cc1ccccc1Cl. The molecule has 0 aliphatic carbocycles. The lowest BCUT2D eigenvalue weighted by atomic mass is 10.1. The van der Waals surface area contributed by atoms with Gasteiger partial charge in [0.2, 0.25) is 11.8 Å². The molecule has 4 nitrogen and oxygen atoms in total. The minimum Gasteiger partial charge on any atom is -0.355 e. The summed E-state index contributed by atoms with van der Waals surface area (Å²) in [6.07, 6.45) is 0.102. The molecule has 27 heavy (non-hydrogen) atoms. The Morgan fingerprint density at radius 1 is 1.04 bits per heavy atom. The normalized spacial score (nSPS) is 11.7. The number of likely N-dealkylation sites (N-methyl/N-ethyl adjacent to an activating group) is 1. The Hall–Kier alpha value is -1.75. The summed E-state index contributed by atoms with van der Waals surface area (Å²) >= 11 is 18.2. The summed E-state index contributed by atoms with van der Waals surface area (Å²) in [7, 11) is 0. The number of benzene rings is 2. The average Bonchev–Trinajstić information content (AvgIpc) is 2.64. The van der Waals surface area contributed by atoms with E-state index in [9.17, 15) is 9.59 Å². The highest BCUT2D eigenvalue weighted by Gasteiger charge is 2.26. The summed E-state index contributed by atoms with van der Waals surface area (Å²) in [4.78, 5) is 26.9. The van der Waals surface area contributed by atoms with Gasteiger partial charge in [-0.25, -0.2) is 0 Å². The van der Waals surface area contributed by atoms with Gasteiger partial charge in [0.25, 0.3) is 0 Å². The number of carbonyl (C=O) groups is 2. The molecule has 0 saturated heterocycles. The monoisotopic (exact) mass is 426 g/mol. The maximum absolute atomic E-state index is 13.0. The van der Waals surface area contributed by atoms with E-state index in [-0.39, 0.29) is 24.8 Å². The molecule has 1 atom stereocenters. The molecule has 2 aromatic rings. The molecular weight excluding hydrogens is 407 g/mol. The molecule has 2 rings (SSSR count). The van der Waals surface area contributed by atoms with Crippen LogP contribution >= 0.6 is 34.8 Å². The van der Waals surface area contributed by atoms with Crippen molar-refractivity contribution in [3.8, 4) is 0 Å². The lowest BCUT2D eigenvalue weighted by molar-refractivity contribution is -0.140. The van der Waals surface area contributed by atoms with Crippen LogP contribution in [0, 0.1) is 0 Å². The fourth-order valence-electron chi connectivity index (χ4n) is 2.65. The Balaban J connectivity index is 2.27. The van der Waals surface area contributed by atoms with Gasteiger partial charge >= 0.3 is 0 Å². The van der Waals surface area contributed by atoms with E-state index in [1.807, 2.05) is 13.0 Å². The summed E-state index contributed by atoms with van der Waals surface area (Å²) in [5, 5.41) is 4.11. The Bertz CT molecular complexity index is 827. The molecule has 0 bridgehead atoms. The van der Waals surface area contributed by atoms with E-state index in [4.69, 9.17) is 34.8 Å². The van der Waals surface area contributed by atoms with Crippen LogP contribution in [-0.4, -0.2) is 29.3 Å². The van der Waals surface area contributed by atoms with Crippen LogP contribution in [0.2, 0.25) is 15.1 Å². The van der Waals surface area contributed by atoms with Crippen molar-refractivity contribution < 1.29 is 9.59 Å². The molecule has 0 aliphatic heterocycles. The zero-order chi connectivity index (χ0) is 20.0. The van der Waals surface area contributed by atoms with Gasteiger partial charge in [-0.2, -0.15) is 0 Å². The number of hydrogen-bond donors (Lipinski definition) is 1. The average molecular weight is 428 g/mol. The van der Waals surface area contributed by atoms with Gasteiger partial charge in [0, 0.05) is 18.1 Å². The number of amides is 2. The van der Waals surface area contributed by atoms with Crippen molar-refractivity contribution in [3.63, 3.8) is 0 Å². The number of rotatable bonds is 7. The van der Waals surface area contributed by atoms with E-state index in [1.165, 1.54) is 4.90 Å². The van der Waals surface area contributed by atoms with Crippen LogP contribution in [0.4, 0.5) is 0 Å². The van der Waals surface area contributed by atoms with E-state index in [0.717, 1.165) is 5.56 Å². The van der Waals surface area contributed by atoms with Gasteiger partial charge in [0.15, 0.2) is 0 Å². The number of carbonyl (C=O) groups excluding carboxylic acids is 2. The summed E-state index contributed by atoms with van der Waals surface area (Å²) in [5.41, 5.74) is 1.50. The lowest BCUT2D eigenvalue weighted by Crippen LogP contribution is -2.48. The molecule has 0 heterocycles. The van der Waals surface area contributed by atoms with Gasteiger partial charge < -0.3 is 10.2 Å². The van der Waals surface area contributed by atoms with Crippen LogP contribution in [0.25, 0.3) is 0 Å². The molecule has 1 N–H and O–H groups in total. The van der Waals surface area contributed by atoms with E-state index < -0.39 is 6.04 Å². The summed E-state index contributed by atoms with van der Waals surface area (Å²) < 4.78 is 0.